The Labute approximate surface area is 268 Å². The number of esters is 2. The van der Waals surface area contributed by atoms with Gasteiger partial charge in [0.25, 0.3) is 0 Å². The number of carbonyl (C=O) groups excluding carboxylic acids is 2. The van der Waals surface area contributed by atoms with E-state index >= 15 is 0 Å². The molecule has 16 nitrogen and oxygen atoms in total. The number of hydrogen-bond donors (Lipinski definition) is 8. The van der Waals surface area contributed by atoms with E-state index in [-0.39, 0.29) is 30.3 Å². The van der Waals surface area contributed by atoms with Crippen LogP contribution in [0.4, 0.5) is 0 Å². The Morgan fingerprint density at radius 1 is 0.809 bits per heavy atom. The minimum absolute atomic E-state index is 0.103. The van der Waals surface area contributed by atoms with Crippen molar-refractivity contribution < 1.29 is 78.9 Å². The van der Waals surface area contributed by atoms with Gasteiger partial charge in [-0.2, -0.15) is 0 Å². The Hall–Kier alpha value is -4.00. The van der Waals surface area contributed by atoms with Gasteiger partial charge in [0.05, 0.1) is 19.3 Å². The molecule has 16 heteroatoms. The van der Waals surface area contributed by atoms with Crippen LogP contribution in [0.2, 0.25) is 0 Å². The van der Waals surface area contributed by atoms with Crippen molar-refractivity contribution >= 4 is 18.0 Å². The van der Waals surface area contributed by atoms with Gasteiger partial charge in [0.2, 0.25) is 0 Å². The van der Waals surface area contributed by atoms with Gasteiger partial charge in [0, 0.05) is 13.0 Å². The third kappa shape index (κ3) is 8.88. The highest BCUT2D eigenvalue weighted by Crippen LogP contribution is 2.33. The first-order valence-electron chi connectivity index (χ1n) is 14.6. The predicted octanol–water partition coefficient (Wildman–Crippen LogP) is -0.445. The third-order valence-corrected chi connectivity index (χ3v) is 7.55. The smallest absolute Gasteiger partial charge is 0.331 e. The molecule has 2 aromatic rings. The summed E-state index contributed by atoms with van der Waals surface area (Å²) >= 11 is 0. The molecule has 4 rings (SSSR count). The summed E-state index contributed by atoms with van der Waals surface area (Å²) in [4.78, 5) is 25.3. The van der Waals surface area contributed by atoms with Gasteiger partial charge in [-0.3, -0.25) is 4.79 Å². The molecule has 2 aromatic carbocycles. The van der Waals surface area contributed by atoms with Gasteiger partial charge in [-0.15, -0.1) is 0 Å². The molecule has 0 bridgehead atoms. The molecular weight excluding hydrogens is 628 g/mol. The van der Waals surface area contributed by atoms with Crippen molar-refractivity contribution in [2.45, 2.75) is 81.7 Å². The summed E-state index contributed by atoms with van der Waals surface area (Å²) in [5, 5.41) is 80.1. The molecule has 0 aliphatic carbocycles. The summed E-state index contributed by atoms with van der Waals surface area (Å²) in [7, 11) is 0. The number of phenols is 4. The Kier molecular flexibility index (Phi) is 12.0. The lowest BCUT2D eigenvalue weighted by Crippen LogP contribution is -2.65. The second-order valence-corrected chi connectivity index (χ2v) is 11.0. The summed E-state index contributed by atoms with van der Waals surface area (Å²) in [5.41, 5.74) is 0.879. The van der Waals surface area contributed by atoms with E-state index in [1.807, 2.05) is 0 Å². The van der Waals surface area contributed by atoms with E-state index in [2.05, 4.69) is 0 Å². The van der Waals surface area contributed by atoms with Crippen molar-refractivity contribution in [3.8, 4) is 23.0 Å². The minimum atomic E-state index is -1.81. The predicted molar refractivity (Wildman–Crippen MR) is 157 cm³/mol. The number of aromatic hydroxyl groups is 4. The number of ether oxygens (including phenoxy) is 6. The van der Waals surface area contributed by atoms with E-state index in [4.69, 9.17) is 28.4 Å². The molecule has 2 aliphatic rings. The van der Waals surface area contributed by atoms with Gasteiger partial charge in [0.1, 0.15) is 30.5 Å². The van der Waals surface area contributed by atoms with Crippen molar-refractivity contribution in [1.82, 2.24) is 0 Å². The van der Waals surface area contributed by atoms with Crippen molar-refractivity contribution in [3.63, 3.8) is 0 Å². The number of aliphatic hydroxyl groups excluding tert-OH is 4. The van der Waals surface area contributed by atoms with Crippen LogP contribution in [0.25, 0.3) is 6.08 Å². The van der Waals surface area contributed by atoms with Crippen LogP contribution < -0.4 is 0 Å². The zero-order valence-electron chi connectivity index (χ0n) is 25.4. The maximum Gasteiger partial charge on any atom is 0.331 e. The molecule has 0 spiro atoms. The monoisotopic (exact) mass is 666 g/mol. The average Bonchev–Trinajstić information content (AvgIpc) is 3.03. The number of benzene rings is 2. The molecule has 0 radical (unpaired) electrons. The lowest BCUT2D eigenvalue weighted by molar-refractivity contribution is -0.358. The quantitative estimate of drug-likeness (QED) is 0.0859. The third-order valence-electron chi connectivity index (χ3n) is 7.55. The molecule has 0 saturated carbocycles. The van der Waals surface area contributed by atoms with Crippen molar-refractivity contribution in [2.24, 2.45) is 0 Å². The summed E-state index contributed by atoms with van der Waals surface area (Å²) in [6, 6.07) is 7.94. The summed E-state index contributed by atoms with van der Waals surface area (Å²) < 4.78 is 34.4. The molecule has 8 N–H and O–H groups in total. The van der Waals surface area contributed by atoms with Crippen molar-refractivity contribution in [3.05, 3.63) is 53.6 Å². The number of rotatable bonds is 11. The van der Waals surface area contributed by atoms with Crippen molar-refractivity contribution in [1.29, 1.82) is 0 Å². The fourth-order valence-corrected chi connectivity index (χ4v) is 5.05. The first-order valence-corrected chi connectivity index (χ1v) is 14.6. The largest absolute Gasteiger partial charge is 0.504 e. The lowest BCUT2D eigenvalue weighted by Gasteiger charge is -2.47. The van der Waals surface area contributed by atoms with Gasteiger partial charge in [-0.1, -0.05) is 12.1 Å². The summed E-state index contributed by atoms with van der Waals surface area (Å²) in [6.07, 6.45) is -12.7. The van der Waals surface area contributed by atoms with Gasteiger partial charge in [0.15, 0.2) is 47.8 Å². The highest BCUT2D eigenvalue weighted by Gasteiger charge is 2.54. The van der Waals surface area contributed by atoms with E-state index < -0.39 is 85.7 Å². The zero-order chi connectivity index (χ0) is 34.4. The molecule has 2 heterocycles. The van der Waals surface area contributed by atoms with Crippen LogP contribution in [0.15, 0.2) is 42.5 Å². The molecule has 258 valence electrons. The van der Waals surface area contributed by atoms with Gasteiger partial charge < -0.3 is 69.3 Å². The van der Waals surface area contributed by atoms with Gasteiger partial charge in [-0.05, 0) is 54.8 Å². The molecule has 0 amide bonds. The molecule has 2 saturated heterocycles. The first-order chi connectivity index (χ1) is 22.3. The topological polar surface area (TPSA) is 251 Å². The minimum Gasteiger partial charge on any atom is -0.504 e. The fourth-order valence-electron chi connectivity index (χ4n) is 5.05. The van der Waals surface area contributed by atoms with Crippen LogP contribution in [0.3, 0.4) is 0 Å². The molecule has 2 aliphatic heterocycles. The van der Waals surface area contributed by atoms with Crippen molar-refractivity contribution in [2.75, 3.05) is 13.2 Å². The van der Waals surface area contributed by atoms with Gasteiger partial charge in [-0.25, -0.2) is 4.79 Å². The molecule has 47 heavy (non-hydrogen) atoms. The maximum absolute atomic E-state index is 13.0. The Morgan fingerprint density at radius 2 is 1.49 bits per heavy atom. The molecule has 2 fully saturated rings. The Morgan fingerprint density at radius 3 is 2.13 bits per heavy atom. The van der Waals surface area contributed by atoms with E-state index in [1.54, 1.807) is 0 Å². The first kappa shape index (κ1) is 35.8. The van der Waals surface area contributed by atoms with E-state index in [9.17, 15) is 50.4 Å². The zero-order valence-corrected chi connectivity index (χ0v) is 25.4. The SMILES string of the molecule is CC(=O)O[C@H]1[C@H](OCCc2ccc(O)c(O)c2)O[C@H](CO)[C@@H](OC(=O)C=Cc2ccc(O)c(O)c2)[C@H]1O[C@@H]1O[C@H](C)[C@H](O)[C@@H](O)[C@H]1O. The van der Waals surface area contributed by atoms with E-state index in [1.165, 1.54) is 49.4 Å². The standard InChI is InChI=1S/C31H38O16/c1-14-24(39)25(40)26(41)30(43-14)47-28-27(46-23(38)8-5-16-3-6-18(34)20(36)11-16)22(13-32)45-31(29(28)44-15(2)33)42-10-9-17-4-7-19(35)21(37)12-17/h3-8,11-12,14,22,24-32,34-37,39-41H,9-10,13H2,1-2H3/t14-,22-,24+,25-,26-,27-,28-,29-,30+,31-/m1/s1. The normalized spacial score (nSPS) is 31.0. The fraction of sp³-hybridized carbons (Fsp3) is 0.484. The van der Waals surface area contributed by atoms with Crippen LogP contribution in [0.5, 0.6) is 23.0 Å². The number of hydrogen-bond acceptors (Lipinski definition) is 16. The Bertz CT molecular complexity index is 1410. The molecule has 10 atom stereocenters. The van der Waals surface area contributed by atoms with E-state index in [0.29, 0.717) is 11.1 Å². The van der Waals surface area contributed by atoms with Crippen LogP contribution >= 0.6 is 0 Å². The number of aliphatic hydroxyl groups is 4. The molecular formula is C31H38O16. The highest BCUT2D eigenvalue weighted by molar-refractivity contribution is 5.87. The number of phenolic OH excluding ortho intramolecular Hbond substituents is 4. The summed E-state index contributed by atoms with van der Waals surface area (Å²) in [5.74, 6) is -3.31. The molecule has 0 unspecified atom stereocenters. The highest BCUT2D eigenvalue weighted by atomic mass is 16.8. The number of carbonyl (C=O) groups is 2. The van der Waals surface area contributed by atoms with Gasteiger partial charge >= 0.3 is 11.9 Å². The summed E-state index contributed by atoms with van der Waals surface area (Å²) in [6.45, 7) is 1.62. The lowest BCUT2D eigenvalue weighted by atomic mass is 9.96. The average molecular weight is 667 g/mol. The Balaban J connectivity index is 1.61. The van der Waals surface area contributed by atoms with Crippen LogP contribution in [0, 0.1) is 0 Å². The second kappa shape index (κ2) is 15.7. The van der Waals surface area contributed by atoms with Crippen LogP contribution in [-0.2, 0) is 44.4 Å². The van der Waals surface area contributed by atoms with E-state index in [0.717, 1.165) is 13.0 Å². The van der Waals surface area contributed by atoms with Crippen LogP contribution in [0.1, 0.15) is 25.0 Å². The maximum atomic E-state index is 13.0. The second-order valence-electron chi connectivity index (χ2n) is 11.0. The van der Waals surface area contributed by atoms with Crippen LogP contribution in [-0.4, -0.2) is 127 Å². The molecule has 0 aromatic heterocycles.